The lowest BCUT2D eigenvalue weighted by molar-refractivity contribution is -0.0593. The summed E-state index contributed by atoms with van der Waals surface area (Å²) >= 11 is 0. The third-order valence-electron chi connectivity index (χ3n) is 30.2. The number of rotatable bonds is 16. The zero-order valence-corrected chi connectivity index (χ0v) is 68.1. The van der Waals surface area contributed by atoms with Crippen LogP contribution in [0.5, 0.6) is 0 Å². The Hall–Kier alpha value is -12.3. The van der Waals surface area contributed by atoms with Crippen LogP contribution in [0.15, 0.2) is 346 Å². The van der Waals surface area contributed by atoms with Crippen molar-refractivity contribution < 1.29 is 0 Å². The standard InChI is InChI=1S/C111H98B2N6/c1-4-6-33-71(3)109(87(46-7-5-2)74-34-14-8-15-35-74)117-98-55-28-26-53-94(98)113-97-69-96-101(70-102(97)119(111-90(77-40-20-11-21-41-77)50-32-51-91(111)78-42-22-12-23-43-78)106-66-84(65-104(117)108(106)113)114-81-58-72-57-73(60-81)61-82(114)59-72)116(80-44-24-13-25-45-80)103-67-85(115-83-62-79-63-100(115)92-52-30-47-86(79)93(92)64-83)68-105-107(103)112(96)95-54-27-29-56-99(95)118(105)110-88(75-36-16-9-17-37-75)48-31-49-89(110)76-38-18-10-19-39-76/h5-29,31-46,48-51,53-56,65-73,79,81-83,86,92-93,100H,2,4,30,47,52,57-64H2,1,3H3/b33-6-,46-7-,109-87-. The molecule has 6 nitrogen and oxygen atoms in total. The van der Waals surface area contributed by atoms with Crippen LogP contribution in [0.25, 0.3) is 50.1 Å². The fourth-order valence-electron chi connectivity index (χ4n) is 25.9. The van der Waals surface area contributed by atoms with Crippen LogP contribution in [0, 0.1) is 41.4 Å². The molecule has 9 fully saturated rings. The van der Waals surface area contributed by atoms with E-state index in [2.05, 4.69) is 377 Å². The molecule has 13 aromatic rings. The number of benzene rings is 13. The molecular weight excluding hydrogens is 1440 g/mol. The summed E-state index contributed by atoms with van der Waals surface area (Å²) in [6.07, 6.45) is 26.6. The van der Waals surface area contributed by atoms with Gasteiger partial charge in [0.05, 0.1) is 11.4 Å². The highest BCUT2D eigenvalue weighted by Gasteiger charge is 2.59. The summed E-state index contributed by atoms with van der Waals surface area (Å²) in [6.45, 7) is 8.66. The summed E-state index contributed by atoms with van der Waals surface area (Å²) in [5, 5.41) is 0. The summed E-state index contributed by atoms with van der Waals surface area (Å²) < 4.78 is 0. The van der Waals surface area contributed by atoms with Gasteiger partial charge >= 0.3 is 0 Å². The summed E-state index contributed by atoms with van der Waals surface area (Å²) in [5.74, 6) is 4.74. The molecule has 119 heavy (non-hydrogen) atoms. The van der Waals surface area contributed by atoms with Crippen molar-refractivity contribution in [1.82, 2.24) is 0 Å². The Labute approximate surface area is 703 Å². The molecule has 13 aliphatic rings. The van der Waals surface area contributed by atoms with E-state index in [0.29, 0.717) is 30.1 Å². The minimum atomic E-state index is -0.221. The monoisotopic (exact) mass is 1540 g/mol. The van der Waals surface area contributed by atoms with E-state index in [4.69, 9.17) is 0 Å². The lowest BCUT2D eigenvalue weighted by atomic mass is 9.30. The smallest absolute Gasteiger partial charge is 0.252 e. The lowest BCUT2D eigenvalue weighted by Crippen LogP contribution is -2.67. The fraction of sp³-hybridized carbons (Fsp3) is 0.225. The predicted octanol–water partition coefficient (Wildman–Crippen LogP) is 24.1. The van der Waals surface area contributed by atoms with E-state index in [9.17, 15) is 0 Å². The van der Waals surface area contributed by atoms with Crippen molar-refractivity contribution in [2.24, 2.45) is 41.4 Å². The van der Waals surface area contributed by atoms with Gasteiger partial charge in [-0.1, -0.05) is 306 Å². The summed E-state index contributed by atoms with van der Waals surface area (Å²) in [7, 11) is 0. The lowest BCUT2D eigenvalue weighted by Gasteiger charge is -2.66. The van der Waals surface area contributed by atoms with E-state index in [1.165, 1.54) is 233 Å². The van der Waals surface area contributed by atoms with Crippen molar-refractivity contribution in [3.8, 4) is 44.5 Å². The van der Waals surface area contributed by atoms with Crippen LogP contribution in [0.4, 0.5) is 73.9 Å². The second-order valence-corrected chi connectivity index (χ2v) is 36.3. The van der Waals surface area contributed by atoms with Crippen molar-refractivity contribution in [2.75, 3.05) is 29.4 Å². The Morgan fingerprint density at radius 1 is 0.395 bits per heavy atom. The first kappa shape index (κ1) is 70.9. The van der Waals surface area contributed by atoms with Gasteiger partial charge in [0.2, 0.25) is 0 Å². The van der Waals surface area contributed by atoms with Gasteiger partial charge in [0.1, 0.15) is 0 Å². The Bertz CT molecular complexity index is 6130. The van der Waals surface area contributed by atoms with E-state index in [1.807, 2.05) is 6.08 Å². The van der Waals surface area contributed by atoms with E-state index >= 15 is 0 Å². The summed E-state index contributed by atoms with van der Waals surface area (Å²) in [6, 6.07) is 120. The van der Waals surface area contributed by atoms with E-state index in [0.717, 1.165) is 41.7 Å². The second kappa shape index (κ2) is 28.5. The van der Waals surface area contributed by atoms with Crippen molar-refractivity contribution in [3.05, 3.63) is 352 Å². The first-order valence-corrected chi connectivity index (χ1v) is 44.7. The van der Waals surface area contributed by atoms with Gasteiger partial charge in [-0.25, -0.2) is 0 Å². The van der Waals surface area contributed by atoms with Crippen molar-refractivity contribution in [1.29, 1.82) is 0 Å². The SMILES string of the molecule is C=C/C=C\C(=C(/C(C)/C=C\CC)N1c2ccccc2B2c3cc4c(cc3N(c3c(-c5ccccc5)cccc3-c3ccccc3)c3cc(N5C6CC7CC(C6)CC5C7)cc1c32)N(c1ccccc1)c1cc(N2C3CC5CC2C2CCCC5C2C3)cc2c1B4c1ccccc1N2c1c(-c2ccccc2)cccc1-c1ccccc1)c1ccccc1. The maximum Gasteiger partial charge on any atom is 0.252 e. The van der Waals surface area contributed by atoms with Crippen LogP contribution in [0.1, 0.15) is 96.5 Å². The highest BCUT2D eigenvalue weighted by molar-refractivity contribution is 7.03. The normalized spacial score (nSPS) is 23.1. The number of piperidine rings is 4. The van der Waals surface area contributed by atoms with Crippen LogP contribution in [0.2, 0.25) is 0 Å². The van der Waals surface area contributed by atoms with Crippen LogP contribution in [0.3, 0.4) is 0 Å². The number of anilines is 13. The van der Waals surface area contributed by atoms with E-state index < -0.39 is 0 Å². The quantitative estimate of drug-likeness (QED) is 0.0542. The number of para-hydroxylation sites is 5. The largest absolute Gasteiger partial charge is 0.365 e. The van der Waals surface area contributed by atoms with Gasteiger partial charge in [0, 0.05) is 126 Å². The van der Waals surface area contributed by atoms with Crippen molar-refractivity contribution in [2.45, 2.75) is 115 Å². The van der Waals surface area contributed by atoms with E-state index in [1.54, 1.807) is 0 Å². The van der Waals surface area contributed by atoms with Crippen LogP contribution < -0.4 is 62.2 Å². The maximum atomic E-state index is 4.36. The van der Waals surface area contributed by atoms with E-state index in [-0.39, 0.29) is 19.3 Å². The molecule has 0 amide bonds. The molecule has 7 unspecified atom stereocenters. The molecule has 26 rings (SSSR count). The topological polar surface area (TPSA) is 19.4 Å². The fourth-order valence-corrected chi connectivity index (χ4v) is 25.9. The average molecular weight is 1540 g/mol. The Balaban J connectivity index is 0.842. The number of allylic oxidation sites excluding steroid dienone is 6. The number of fused-ring (bicyclic) bond motifs is 8. The molecule has 0 spiro atoms. The van der Waals surface area contributed by atoms with Gasteiger partial charge in [-0.15, -0.1) is 0 Å². The zero-order valence-electron chi connectivity index (χ0n) is 68.1. The number of hydrogen-bond acceptors (Lipinski definition) is 6. The first-order chi connectivity index (χ1) is 58.9. The molecule has 0 radical (unpaired) electrons. The molecule has 8 heterocycles. The average Bonchev–Trinajstić information content (AvgIpc) is 0.682. The van der Waals surface area contributed by atoms with Crippen LogP contribution in [-0.2, 0) is 0 Å². The summed E-state index contributed by atoms with van der Waals surface area (Å²) in [4.78, 5) is 17.2. The molecule has 0 N–H and O–H groups in total. The number of hydrogen-bond donors (Lipinski definition) is 0. The van der Waals surface area contributed by atoms with Gasteiger partial charge in [-0.05, 0) is 221 Å². The van der Waals surface area contributed by atoms with Gasteiger partial charge in [-0.2, -0.15) is 0 Å². The summed E-state index contributed by atoms with van der Waals surface area (Å²) in [5.41, 5.74) is 37.1. The highest BCUT2D eigenvalue weighted by atomic mass is 15.3. The Morgan fingerprint density at radius 3 is 1.42 bits per heavy atom. The molecule has 10 bridgehead atoms. The third kappa shape index (κ3) is 11.1. The minimum Gasteiger partial charge on any atom is -0.365 e. The first-order valence-electron chi connectivity index (χ1n) is 44.7. The zero-order chi connectivity index (χ0) is 78.7. The molecule has 8 aliphatic heterocycles. The molecule has 5 saturated carbocycles. The molecule has 4 saturated heterocycles. The molecule has 8 heteroatoms. The molecule has 13 aromatic carbocycles. The number of nitrogens with zero attached hydrogens (tertiary/aromatic N) is 6. The van der Waals surface area contributed by atoms with Crippen LogP contribution >= 0.6 is 0 Å². The molecule has 5 aliphatic carbocycles. The van der Waals surface area contributed by atoms with Gasteiger partial charge in [-0.3, -0.25) is 0 Å². The molecular formula is C111H98B2N6. The Kier molecular flexibility index (Phi) is 17.0. The third-order valence-corrected chi connectivity index (χ3v) is 30.2. The highest BCUT2D eigenvalue weighted by Crippen LogP contribution is 2.63. The van der Waals surface area contributed by atoms with Crippen LogP contribution in [-0.4, -0.2) is 37.6 Å². The maximum absolute atomic E-state index is 4.36. The second-order valence-electron chi connectivity index (χ2n) is 36.3. The Morgan fingerprint density at radius 2 is 0.857 bits per heavy atom. The van der Waals surface area contributed by atoms with Gasteiger partial charge in [0.25, 0.3) is 13.4 Å². The molecule has 7 atom stereocenters. The van der Waals surface area contributed by atoms with Gasteiger partial charge < -0.3 is 29.4 Å². The van der Waals surface area contributed by atoms with Crippen molar-refractivity contribution >= 4 is 126 Å². The molecule has 578 valence electrons. The van der Waals surface area contributed by atoms with Crippen molar-refractivity contribution in [3.63, 3.8) is 0 Å². The molecule has 0 aromatic heterocycles. The van der Waals surface area contributed by atoms with Gasteiger partial charge in [0.15, 0.2) is 0 Å². The minimum absolute atomic E-state index is 0.0274. The predicted molar refractivity (Wildman–Crippen MR) is 503 cm³/mol.